The van der Waals surface area contributed by atoms with Crippen molar-refractivity contribution in [2.45, 2.75) is 25.9 Å². The van der Waals surface area contributed by atoms with Crippen LogP contribution in [0.3, 0.4) is 0 Å². The second-order valence-electron chi connectivity index (χ2n) is 9.05. The van der Waals surface area contributed by atoms with Crippen LogP contribution in [0.2, 0.25) is 0 Å². The van der Waals surface area contributed by atoms with E-state index in [9.17, 15) is 4.39 Å². The molecule has 35 heavy (non-hydrogen) atoms. The quantitative estimate of drug-likeness (QED) is 0.358. The molecule has 0 radical (unpaired) electrons. The first kappa shape index (κ1) is 23.1. The SMILES string of the molecule is Cc1cc([C@@H]2[C@H](c3ccccn3)NC(=S)N2c2ccc(F)cc2)c(C)n1-c1ccc(N(C)C)cc1. The number of aromatic nitrogens is 2. The van der Waals surface area contributed by atoms with E-state index in [4.69, 9.17) is 12.2 Å². The fourth-order valence-corrected chi connectivity index (χ4v) is 5.28. The molecule has 0 bridgehead atoms. The Morgan fingerprint density at radius 1 is 0.943 bits per heavy atom. The fourth-order valence-electron chi connectivity index (χ4n) is 4.93. The van der Waals surface area contributed by atoms with Gasteiger partial charge in [0, 0.05) is 48.7 Å². The summed E-state index contributed by atoms with van der Waals surface area (Å²) in [5.74, 6) is -0.274. The number of benzene rings is 2. The second kappa shape index (κ2) is 9.15. The molecule has 3 heterocycles. The Morgan fingerprint density at radius 2 is 1.63 bits per heavy atom. The Bertz CT molecular complexity index is 1350. The Labute approximate surface area is 210 Å². The first-order valence-electron chi connectivity index (χ1n) is 11.6. The van der Waals surface area contributed by atoms with Gasteiger partial charge in [0.1, 0.15) is 5.82 Å². The number of anilines is 2. The van der Waals surface area contributed by atoms with Crippen LogP contribution in [0, 0.1) is 19.7 Å². The van der Waals surface area contributed by atoms with Crippen LogP contribution in [-0.4, -0.2) is 28.8 Å². The van der Waals surface area contributed by atoms with Crippen LogP contribution in [0.15, 0.2) is 79.0 Å². The van der Waals surface area contributed by atoms with Crippen molar-refractivity contribution in [1.82, 2.24) is 14.9 Å². The zero-order chi connectivity index (χ0) is 24.7. The number of pyridine rings is 1. The van der Waals surface area contributed by atoms with Gasteiger partial charge in [0.2, 0.25) is 0 Å². The fraction of sp³-hybridized carbons (Fsp3) is 0.214. The standard InChI is InChI=1S/C28H28FN5S/c1-18-17-24(19(2)33(18)22-14-12-21(13-15-22)32(3)4)27-26(25-7-5-6-16-30-25)31-28(35)34(27)23-10-8-20(29)9-11-23/h5-17,26-27H,1-4H3,(H,31,35)/t26-,27+/m0/s1. The average molecular weight is 486 g/mol. The lowest BCUT2D eigenvalue weighted by Gasteiger charge is -2.28. The molecule has 1 aliphatic rings. The topological polar surface area (TPSA) is 36.3 Å². The number of hydrogen-bond donors (Lipinski definition) is 1. The van der Waals surface area contributed by atoms with E-state index < -0.39 is 0 Å². The molecule has 1 saturated heterocycles. The van der Waals surface area contributed by atoms with Crippen molar-refractivity contribution in [1.29, 1.82) is 0 Å². The lowest BCUT2D eigenvalue weighted by atomic mass is 9.96. The molecule has 2 aromatic heterocycles. The van der Waals surface area contributed by atoms with Crippen molar-refractivity contribution in [3.63, 3.8) is 0 Å². The summed E-state index contributed by atoms with van der Waals surface area (Å²) in [5, 5.41) is 4.08. The molecule has 0 aliphatic carbocycles. The summed E-state index contributed by atoms with van der Waals surface area (Å²) in [6.07, 6.45) is 1.80. The molecule has 1 aliphatic heterocycles. The van der Waals surface area contributed by atoms with E-state index in [1.807, 2.05) is 32.3 Å². The van der Waals surface area contributed by atoms with Gasteiger partial charge in [-0.15, -0.1) is 0 Å². The summed E-state index contributed by atoms with van der Waals surface area (Å²) in [5.41, 5.74) is 7.41. The summed E-state index contributed by atoms with van der Waals surface area (Å²) in [7, 11) is 4.08. The van der Waals surface area contributed by atoms with Gasteiger partial charge >= 0.3 is 0 Å². The van der Waals surface area contributed by atoms with Crippen molar-refractivity contribution in [2.24, 2.45) is 0 Å². The van der Waals surface area contributed by atoms with Gasteiger partial charge in [-0.2, -0.15) is 0 Å². The van der Waals surface area contributed by atoms with E-state index in [2.05, 4.69) is 68.8 Å². The molecule has 0 unspecified atom stereocenters. The van der Waals surface area contributed by atoms with Crippen molar-refractivity contribution in [3.8, 4) is 5.69 Å². The third-order valence-corrected chi connectivity index (χ3v) is 6.93. The van der Waals surface area contributed by atoms with Crippen molar-refractivity contribution >= 4 is 28.7 Å². The first-order chi connectivity index (χ1) is 16.8. The molecular weight excluding hydrogens is 457 g/mol. The maximum Gasteiger partial charge on any atom is 0.174 e. The Hall–Kier alpha value is -3.71. The molecule has 5 nitrogen and oxygen atoms in total. The Kier molecular flexibility index (Phi) is 6.03. The summed E-state index contributed by atoms with van der Waals surface area (Å²) < 4.78 is 16.0. The van der Waals surface area contributed by atoms with Crippen LogP contribution in [-0.2, 0) is 0 Å². The number of nitrogens with one attached hydrogen (secondary N) is 1. The van der Waals surface area contributed by atoms with E-state index in [0.29, 0.717) is 5.11 Å². The number of nitrogens with zero attached hydrogens (tertiary/aromatic N) is 4. The van der Waals surface area contributed by atoms with Gasteiger partial charge in [-0.3, -0.25) is 4.98 Å². The van der Waals surface area contributed by atoms with Gasteiger partial charge < -0.3 is 19.7 Å². The third-order valence-electron chi connectivity index (χ3n) is 6.62. The predicted octanol–water partition coefficient (Wildman–Crippen LogP) is 5.87. The number of rotatable bonds is 5. The van der Waals surface area contributed by atoms with E-state index in [1.54, 1.807) is 18.3 Å². The molecule has 7 heteroatoms. The molecule has 0 saturated carbocycles. The van der Waals surface area contributed by atoms with Crippen molar-refractivity contribution < 1.29 is 4.39 Å². The third kappa shape index (κ3) is 4.17. The molecule has 2 aromatic carbocycles. The van der Waals surface area contributed by atoms with Crippen molar-refractivity contribution in [2.75, 3.05) is 23.9 Å². The van der Waals surface area contributed by atoms with Gasteiger partial charge in [0.25, 0.3) is 0 Å². The molecule has 1 N–H and O–H groups in total. The number of hydrogen-bond acceptors (Lipinski definition) is 3. The maximum absolute atomic E-state index is 13.7. The minimum atomic E-state index is -0.274. The van der Waals surface area contributed by atoms with Gasteiger partial charge in [-0.1, -0.05) is 6.07 Å². The highest BCUT2D eigenvalue weighted by Gasteiger charge is 2.42. The number of halogens is 1. The van der Waals surface area contributed by atoms with Crippen LogP contribution in [0.4, 0.5) is 15.8 Å². The van der Waals surface area contributed by atoms with Gasteiger partial charge in [-0.25, -0.2) is 4.39 Å². The van der Waals surface area contributed by atoms with Gasteiger partial charge in [0.15, 0.2) is 5.11 Å². The molecule has 4 aromatic rings. The molecule has 1 fully saturated rings. The summed E-state index contributed by atoms with van der Waals surface area (Å²) in [6, 6.07) is 22.9. The molecule has 0 amide bonds. The van der Waals surface area contributed by atoms with E-state index in [1.165, 1.54) is 12.1 Å². The summed E-state index contributed by atoms with van der Waals surface area (Å²) >= 11 is 5.81. The maximum atomic E-state index is 13.7. The molecule has 2 atom stereocenters. The number of thiocarbonyl (C=S) groups is 1. The predicted molar refractivity (Wildman–Crippen MR) is 144 cm³/mol. The summed E-state index contributed by atoms with van der Waals surface area (Å²) in [6.45, 7) is 4.26. The second-order valence-corrected chi connectivity index (χ2v) is 9.43. The van der Waals surface area contributed by atoms with Crippen LogP contribution >= 0.6 is 12.2 Å². The minimum absolute atomic E-state index is 0.149. The monoisotopic (exact) mass is 485 g/mol. The molecule has 178 valence electrons. The Balaban J connectivity index is 1.64. The van der Waals surface area contributed by atoms with Gasteiger partial charge in [-0.05, 0) is 98.4 Å². The van der Waals surface area contributed by atoms with E-state index in [-0.39, 0.29) is 17.9 Å². The first-order valence-corrected chi connectivity index (χ1v) is 12.0. The van der Waals surface area contributed by atoms with E-state index >= 15 is 0 Å². The zero-order valence-electron chi connectivity index (χ0n) is 20.2. The van der Waals surface area contributed by atoms with Crippen molar-refractivity contribution in [3.05, 3.63) is 107 Å². The zero-order valence-corrected chi connectivity index (χ0v) is 21.1. The Morgan fingerprint density at radius 3 is 2.26 bits per heavy atom. The molecular formula is C28H28FN5S. The minimum Gasteiger partial charge on any atom is -0.378 e. The van der Waals surface area contributed by atoms with Crippen LogP contribution < -0.4 is 15.1 Å². The summed E-state index contributed by atoms with van der Waals surface area (Å²) in [4.78, 5) is 8.81. The molecule has 5 rings (SSSR count). The van der Waals surface area contributed by atoms with Gasteiger partial charge in [0.05, 0.1) is 17.8 Å². The molecule has 0 spiro atoms. The lowest BCUT2D eigenvalue weighted by molar-refractivity contribution is 0.565. The van der Waals surface area contributed by atoms with Crippen LogP contribution in [0.5, 0.6) is 0 Å². The van der Waals surface area contributed by atoms with E-state index in [0.717, 1.165) is 39.7 Å². The van der Waals surface area contributed by atoms with Crippen LogP contribution in [0.1, 0.15) is 34.7 Å². The average Bonchev–Trinajstić information content (AvgIpc) is 3.35. The lowest BCUT2D eigenvalue weighted by Crippen LogP contribution is -2.29. The highest BCUT2D eigenvalue weighted by Crippen LogP contribution is 2.43. The normalized spacial score (nSPS) is 17.5. The number of aryl methyl sites for hydroxylation is 1. The smallest absolute Gasteiger partial charge is 0.174 e. The highest BCUT2D eigenvalue weighted by molar-refractivity contribution is 7.80. The highest BCUT2D eigenvalue weighted by atomic mass is 32.1. The largest absolute Gasteiger partial charge is 0.378 e. The van der Waals surface area contributed by atoms with Crippen LogP contribution in [0.25, 0.3) is 5.69 Å².